The van der Waals surface area contributed by atoms with Crippen LogP contribution in [0.5, 0.6) is 0 Å². The molecular formula is C2H6MgO2P+. The maximum absolute atomic E-state index is 9.04. The first-order valence-electron chi connectivity index (χ1n) is 0.812. The average molecular weight is 117 g/mol. The van der Waals surface area contributed by atoms with Gasteiger partial charge >= 0.3 is 31.1 Å². The zero-order chi connectivity index (χ0) is 3.58. The zero-order valence-electron chi connectivity index (χ0n) is 3.97. The van der Waals surface area contributed by atoms with Crippen molar-refractivity contribution < 1.29 is 9.46 Å². The van der Waals surface area contributed by atoms with Crippen LogP contribution in [0, 0.1) is 7.43 Å². The third kappa shape index (κ3) is 104. The summed E-state index contributed by atoms with van der Waals surface area (Å²) in [4.78, 5) is 9.04. The Kier molecular flexibility index (Phi) is 24.5. The van der Waals surface area contributed by atoms with E-state index in [1.807, 2.05) is 0 Å². The molecule has 0 spiro atoms. The summed E-state index contributed by atoms with van der Waals surface area (Å²) in [6.07, 6.45) is 0. The second kappa shape index (κ2) is 9.27. The predicted molar refractivity (Wildman–Crippen MR) is 25.7 cm³/mol. The SMILES string of the molecule is C[P+](=O)[O-].[CH3-].[Mg+2]. The first kappa shape index (κ1) is 15.8. The molecule has 0 fully saturated rings. The Balaban J connectivity index is -0.0000000450. The van der Waals surface area contributed by atoms with Gasteiger partial charge in [0.2, 0.25) is 0 Å². The van der Waals surface area contributed by atoms with Gasteiger partial charge in [-0.15, -0.1) is 0 Å². The van der Waals surface area contributed by atoms with Gasteiger partial charge in [-0.2, -0.15) is 0 Å². The normalized spacial score (nSPS) is 7.33. The summed E-state index contributed by atoms with van der Waals surface area (Å²) < 4.78 is 9.04. The van der Waals surface area contributed by atoms with Gasteiger partial charge in [0.15, 0.2) is 0 Å². The Morgan fingerprint density at radius 2 is 1.67 bits per heavy atom. The Hall–Kier alpha value is 0.826. The van der Waals surface area contributed by atoms with Crippen molar-refractivity contribution in [2.45, 2.75) is 0 Å². The van der Waals surface area contributed by atoms with Gasteiger partial charge in [0.05, 0.1) is 0 Å². The molecule has 0 aliphatic carbocycles. The van der Waals surface area contributed by atoms with Crippen LogP contribution in [0.25, 0.3) is 0 Å². The summed E-state index contributed by atoms with van der Waals surface area (Å²) in [5, 5.41) is 0. The summed E-state index contributed by atoms with van der Waals surface area (Å²) in [7, 11) is -2.12. The van der Waals surface area contributed by atoms with Gasteiger partial charge in [0, 0.05) is 0 Å². The molecule has 0 aromatic rings. The molecule has 0 heterocycles. The number of hydrogen-bond donors (Lipinski definition) is 0. The van der Waals surface area contributed by atoms with Crippen molar-refractivity contribution in [3.8, 4) is 0 Å². The molecule has 0 saturated carbocycles. The van der Waals surface area contributed by atoms with Crippen LogP contribution in [0.2, 0.25) is 0 Å². The van der Waals surface area contributed by atoms with Gasteiger partial charge in [-0.25, -0.2) is 0 Å². The van der Waals surface area contributed by atoms with Crippen LogP contribution in [-0.4, -0.2) is 29.7 Å². The largest absolute Gasteiger partial charge is 2.00 e. The minimum atomic E-state index is -2.12. The Morgan fingerprint density at radius 3 is 1.67 bits per heavy atom. The van der Waals surface area contributed by atoms with Crippen molar-refractivity contribution in [3.05, 3.63) is 7.43 Å². The Morgan fingerprint density at radius 1 is 1.67 bits per heavy atom. The Bertz CT molecular complexity index is 34.5. The van der Waals surface area contributed by atoms with Crippen LogP contribution in [0.4, 0.5) is 0 Å². The van der Waals surface area contributed by atoms with Gasteiger partial charge < -0.3 is 12.3 Å². The molecule has 0 aliphatic heterocycles. The summed E-state index contributed by atoms with van der Waals surface area (Å²) in [6.45, 7) is 1.12. The van der Waals surface area contributed by atoms with Crippen molar-refractivity contribution >= 4 is 31.1 Å². The zero-order valence-corrected chi connectivity index (χ0v) is 6.28. The second-order valence-corrected chi connectivity index (χ2v) is 1.32. The van der Waals surface area contributed by atoms with Gasteiger partial charge in [-0.1, -0.05) is 4.57 Å². The van der Waals surface area contributed by atoms with Crippen molar-refractivity contribution in [1.29, 1.82) is 0 Å². The topological polar surface area (TPSA) is 40.1 Å². The predicted octanol–water partition coefficient (Wildman–Crippen LogP) is -0.212. The van der Waals surface area contributed by atoms with Crippen LogP contribution >= 0.6 is 8.03 Å². The van der Waals surface area contributed by atoms with Crippen molar-refractivity contribution in [2.75, 3.05) is 6.66 Å². The minimum absolute atomic E-state index is 0. The van der Waals surface area contributed by atoms with E-state index in [4.69, 9.17) is 9.46 Å². The third-order valence-electron chi connectivity index (χ3n) is 0. The number of hydrogen-bond acceptors (Lipinski definition) is 2. The van der Waals surface area contributed by atoms with Gasteiger partial charge in [-0.05, 0) is 0 Å². The summed E-state index contributed by atoms with van der Waals surface area (Å²) in [5.74, 6) is 0. The molecule has 6 heavy (non-hydrogen) atoms. The molecule has 1 atom stereocenters. The number of rotatable bonds is 0. The van der Waals surface area contributed by atoms with Gasteiger partial charge in [0.25, 0.3) is 0 Å². The molecule has 4 heteroatoms. The van der Waals surface area contributed by atoms with Gasteiger partial charge in [-0.3, -0.25) is 0 Å². The summed E-state index contributed by atoms with van der Waals surface area (Å²) in [6, 6.07) is 0. The fourth-order valence-electron chi connectivity index (χ4n) is 0. The standard InChI is InChI=1S/CH3O2P.CH3.Mg/c1-4(2)3;;/h1H3;1H3;/q;-1;+2. The quantitative estimate of drug-likeness (QED) is 0.250. The Labute approximate surface area is 55.0 Å². The van der Waals surface area contributed by atoms with Crippen molar-refractivity contribution in [1.82, 2.24) is 0 Å². The smallest absolute Gasteiger partial charge is 0.596 e. The maximum atomic E-state index is 9.04. The molecular weight excluding hydrogens is 111 g/mol. The summed E-state index contributed by atoms with van der Waals surface area (Å²) in [5.41, 5.74) is 0. The van der Waals surface area contributed by atoms with E-state index in [-0.39, 0.29) is 30.5 Å². The van der Waals surface area contributed by atoms with Crippen LogP contribution < -0.4 is 4.89 Å². The van der Waals surface area contributed by atoms with E-state index in [1.165, 1.54) is 0 Å². The molecule has 32 valence electrons. The first-order valence-corrected chi connectivity index (χ1v) is 2.44. The molecule has 2 nitrogen and oxygen atoms in total. The first-order chi connectivity index (χ1) is 1.73. The molecule has 0 aromatic carbocycles. The van der Waals surface area contributed by atoms with E-state index in [9.17, 15) is 0 Å². The molecule has 0 rings (SSSR count). The molecule has 0 aliphatic rings. The fourth-order valence-corrected chi connectivity index (χ4v) is 0. The average Bonchev–Trinajstić information content (AvgIpc) is 0.811. The van der Waals surface area contributed by atoms with Crippen molar-refractivity contribution in [2.24, 2.45) is 0 Å². The fraction of sp³-hybridized carbons (Fsp3) is 0.500. The van der Waals surface area contributed by atoms with Gasteiger partial charge in [0.1, 0.15) is 6.66 Å². The van der Waals surface area contributed by atoms with E-state index in [2.05, 4.69) is 0 Å². The second-order valence-electron chi connectivity index (χ2n) is 0.440. The van der Waals surface area contributed by atoms with E-state index >= 15 is 0 Å². The van der Waals surface area contributed by atoms with Crippen LogP contribution in [0.1, 0.15) is 0 Å². The maximum Gasteiger partial charge on any atom is 2.00 e. The third-order valence-corrected chi connectivity index (χ3v) is 0. The van der Waals surface area contributed by atoms with E-state index in [0.29, 0.717) is 0 Å². The molecule has 0 N–H and O–H groups in total. The summed E-state index contributed by atoms with van der Waals surface area (Å²) >= 11 is 0. The van der Waals surface area contributed by atoms with E-state index < -0.39 is 8.03 Å². The molecule has 0 bridgehead atoms. The molecule has 0 aromatic heterocycles. The van der Waals surface area contributed by atoms with E-state index in [1.54, 1.807) is 0 Å². The van der Waals surface area contributed by atoms with E-state index in [0.717, 1.165) is 6.66 Å². The van der Waals surface area contributed by atoms with Crippen molar-refractivity contribution in [3.63, 3.8) is 0 Å². The molecule has 0 saturated heterocycles. The minimum Gasteiger partial charge on any atom is -0.596 e. The van der Waals surface area contributed by atoms with Crippen LogP contribution in [-0.2, 0) is 4.57 Å². The molecule has 0 amide bonds. The molecule has 1 unspecified atom stereocenters. The molecule has 0 radical (unpaired) electrons. The van der Waals surface area contributed by atoms with Crippen LogP contribution in [0.3, 0.4) is 0 Å². The monoisotopic (exact) mass is 117 g/mol. The van der Waals surface area contributed by atoms with Crippen LogP contribution in [0.15, 0.2) is 0 Å².